The minimum absolute atomic E-state index is 0.0602. The normalized spacial score (nSPS) is 15.2. The summed E-state index contributed by atoms with van der Waals surface area (Å²) in [6.07, 6.45) is 1.34. The van der Waals surface area contributed by atoms with E-state index >= 15 is 0 Å². The van der Waals surface area contributed by atoms with Crippen LogP contribution in [-0.2, 0) is 16.4 Å². The molecule has 0 bridgehead atoms. The van der Waals surface area contributed by atoms with Crippen molar-refractivity contribution in [2.24, 2.45) is 0 Å². The Morgan fingerprint density at radius 3 is 2.32 bits per heavy atom. The summed E-state index contributed by atoms with van der Waals surface area (Å²) in [6.45, 7) is 5.68. The zero-order chi connectivity index (χ0) is 24.3. The van der Waals surface area contributed by atoms with Crippen molar-refractivity contribution in [3.63, 3.8) is 0 Å². The first-order valence-corrected chi connectivity index (χ1v) is 12.6. The number of non-ortho nitro benzene ring substituents is 1. The Balaban J connectivity index is 1.57. The van der Waals surface area contributed by atoms with E-state index in [-0.39, 0.29) is 10.6 Å². The molecule has 1 aliphatic heterocycles. The number of sulfonamides is 1. The lowest BCUT2D eigenvalue weighted by atomic mass is 10.0. The molecule has 1 aliphatic rings. The Morgan fingerprint density at radius 1 is 0.941 bits per heavy atom. The molecule has 1 saturated heterocycles. The van der Waals surface area contributed by atoms with Crippen LogP contribution in [0, 0.1) is 24.0 Å². The lowest BCUT2D eigenvalue weighted by Crippen LogP contribution is -2.35. The van der Waals surface area contributed by atoms with Crippen molar-refractivity contribution in [3.05, 3.63) is 87.4 Å². The molecule has 1 fully saturated rings. The molecule has 4 rings (SSSR count). The van der Waals surface area contributed by atoms with Gasteiger partial charge in [-0.2, -0.15) is 4.31 Å². The smallest absolute Gasteiger partial charge is 0.269 e. The number of hydrogen-bond acceptors (Lipinski definition) is 7. The van der Waals surface area contributed by atoms with Crippen molar-refractivity contribution in [3.8, 4) is 0 Å². The van der Waals surface area contributed by atoms with Gasteiger partial charge in [0.05, 0.1) is 9.82 Å². The SMILES string of the molecule is Cc1nc(C)c(Cc2ccccc2)c(N2CCCN(S(=O)(=O)c3ccc([N+](=O)[O-])cc3)CC2)n1. The second kappa shape index (κ2) is 9.86. The van der Waals surface area contributed by atoms with Crippen molar-refractivity contribution >= 4 is 21.5 Å². The fraction of sp³-hybridized carbons (Fsp3) is 0.333. The molecule has 34 heavy (non-hydrogen) atoms. The van der Waals surface area contributed by atoms with E-state index in [4.69, 9.17) is 4.98 Å². The van der Waals surface area contributed by atoms with E-state index in [0.717, 1.165) is 22.6 Å². The highest BCUT2D eigenvalue weighted by molar-refractivity contribution is 7.89. The van der Waals surface area contributed by atoms with E-state index < -0.39 is 14.9 Å². The largest absolute Gasteiger partial charge is 0.355 e. The lowest BCUT2D eigenvalue weighted by Gasteiger charge is -2.26. The van der Waals surface area contributed by atoms with Gasteiger partial charge >= 0.3 is 0 Å². The molecule has 1 aromatic heterocycles. The number of nitro groups is 1. The molecule has 2 aromatic carbocycles. The second-order valence-electron chi connectivity index (χ2n) is 8.32. The predicted molar refractivity (Wildman–Crippen MR) is 129 cm³/mol. The van der Waals surface area contributed by atoms with Crippen molar-refractivity contribution in [2.45, 2.75) is 31.6 Å². The van der Waals surface area contributed by atoms with E-state index in [1.807, 2.05) is 32.0 Å². The summed E-state index contributed by atoms with van der Waals surface area (Å²) in [5.74, 6) is 1.53. The molecule has 0 spiro atoms. The summed E-state index contributed by atoms with van der Waals surface area (Å²) in [5, 5.41) is 10.9. The van der Waals surface area contributed by atoms with E-state index in [9.17, 15) is 18.5 Å². The van der Waals surface area contributed by atoms with Gasteiger partial charge in [0.1, 0.15) is 11.6 Å². The van der Waals surface area contributed by atoms with Gasteiger partial charge in [-0.3, -0.25) is 10.1 Å². The van der Waals surface area contributed by atoms with Crippen LogP contribution in [0.3, 0.4) is 0 Å². The Bertz CT molecular complexity index is 1280. The minimum atomic E-state index is -3.76. The molecular formula is C24H27N5O4S. The van der Waals surface area contributed by atoms with E-state index in [2.05, 4.69) is 22.0 Å². The molecule has 2 heterocycles. The van der Waals surface area contributed by atoms with Gasteiger partial charge in [-0.1, -0.05) is 30.3 Å². The van der Waals surface area contributed by atoms with Crippen LogP contribution >= 0.6 is 0 Å². The van der Waals surface area contributed by atoms with Crippen LogP contribution in [0.2, 0.25) is 0 Å². The van der Waals surface area contributed by atoms with Crippen molar-refractivity contribution in [2.75, 3.05) is 31.1 Å². The minimum Gasteiger partial charge on any atom is -0.355 e. The highest BCUT2D eigenvalue weighted by Crippen LogP contribution is 2.27. The third-order valence-corrected chi connectivity index (χ3v) is 7.88. The second-order valence-corrected chi connectivity index (χ2v) is 10.3. The number of hydrogen-bond donors (Lipinski definition) is 0. The molecule has 0 radical (unpaired) electrons. The summed E-state index contributed by atoms with van der Waals surface area (Å²) >= 11 is 0. The van der Waals surface area contributed by atoms with Crippen LogP contribution in [0.4, 0.5) is 11.5 Å². The topological polar surface area (TPSA) is 110 Å². The number of rotatable bonds is 6. The van der Waals surface area contributed by atoms with E-state index in [1.165, 1.54) is 28.6 Å². The zero-order valence-corrected chi connectivity index (χ0v) is 20.0. The molecule has 0 unspecified atom stereocenters. The molecule has 9 nitrogen and oxygen atoms in total. The van der Waals surface area contributed by atoms with Gasteiger partial charge in [0.25, 0.3) is 5.69 Å². The van der Waals surface area contributed by atoms with Crippen LogP contribution in [0.1, 0.15) is 29.1 Å². The molecule has 3 aromatic rings. The summed E-state index contributed by atoms with van der Waals surface area (Å²) in [4.78, 5) is 21.9. The number of benzene rings is 2. The van der Waals surface area contributed by atoms with Gasteiger partial charge in [0, 0.05) is 56.0 Å². The standard InChI is InChI=1S/C24H27N5O4S/c1-18-23(17-20-7-4-3-5-8-20)24(26-19(2)25-18)27-13-6-14-28(16-15-27)34(32,33)22-11-9-21(10-12-22)29(30)31/h3-5,7-12H,6,13-17H2,1-2H3. The third-order valence-electron chi connectivity index (χ3n) is 5.97. The maximum Gasteiger partial charge on any atom is 0.269 e. The fourth-order valence-corrected chi connectivity index (χ4v) is 5.69. The predicted octanol–water partition coefficient (Wildman–Crippen LogP) is 3.49. The quantitative estimate of drug-likeness (QED) is 0.391. The number of nitro benzene ring substituents is 1. The van der Waals surface area contributed by atoms with Gasteiger partial charge < -0.3 is 4.90 Å². The molecule has 0 atom stereocenters. The summed E-state index contributed by atoms with van der Waals surface area (Å²) in [7, 11) is -3.76. The van der Waals surface area contributed by atoms with Crippen molar-refractivity contribution in [1.82, 2.24) is 14.3 Å². The summed E-state index contributed by atoms with van der Waals surface area (Å²) in [6, 6.07) is 15.2. The highest BCUT2D eigenvalue weighted by Gasteiger charge is 2.29. The maximum absolute atomic E-state index is 13.2. The van der Waals surface area contributed by atoms with E-state index in [1.54, 1.807) is 0 Å². The molecule has 0 aliphatic carbocycles. The number of aryl methyl sites for hydroxylation is 2. The number of nitrogens with zero attached hydrogens (tertiary/aromatic N) is 5. The summed E-state index contributed by atoms with van der Waals surface area (Å²) < 4.78 is 27.8. The molecule has 178 valence electrons. The Morgan fingerprint density at radius 2 is 1.65 bits per heavy atom. The van der Waals surface area contributed by atoms with Crippen molar-refractivity contribution < 1.29 is 13.3 Å². The van der Waals surface area contributed by atoms with E-state index in [0.29, 0.717) is 44.8 Å². The van der Waals surface area contributed by atoms with Crippen LogP contribution in [0.25, 0.3) is 0 Å². The number of anilines is 1. The molecule has 0 N–H and O–H groups in total. The van der Waals surface area contributed by atoms with Crippen LogP contribution in [-0.4, -0.2) is 53.8 Å². The maximum atomic E-state index is 13.2. The fourth-order valence-electron chi connectivity index (χ4n) is 4.22. The van der Waals surface area contributed by atoms with Crippen LogP contribution in [0.5, 0.6) is 0 Å². The van der Waals surface area contributed by atoms with Crippen LogP contribution in [0.15, 0.2) is 59.5 Å². The van der Waals surface area contributed by atoms with Gasteiger partial charge in [0.15, 0.2) is 0 Å². The average Bonchev–Trinajstić information content (AvgIpc) is 3.08. The van der Waals surface area contributed by atoms with Crippen molar-refractivity contribution in [1.29, 1.82) is 0 Å². The number of aromatic nitrogens is 2. The van der Waals surface area contributed by atoms with Gasteiger partial charge in [-0.05, 0) is 38.0 Å². The van der Waals surface area contributed by atoms with Gasteiger partial charge in [0.2, 0.25) is 10.0 Å². The van der Waals surface area contributed by atoms with Crippen LogP contribution < -0.4 is 4.90 Å². The van der Waals surface area contributed by atoms with Gasteiger partial charge in [-0.15, -0.1) is 0 Å². The third kappa shape index (κ3) is 5.07. The zero-order valence-electron chi connectivity index (χ0n) is 19.2. The molecule has 0 amide bonds. The lowest BCUT2D eigenvalue weighted by molar-refractivity contribution is -0.384. The Kier molecular flexibility index (Phi) is 6.90. The van der Waals surface area contributed by atoms with Gasteiger partial charge in [-0.25, -0.2) is 18.4 Å². The molecule has 10 heteroatoms. The first-order valence-electron chi connectivity index (χ1n) is 11.1. The first-order chi connectivity index (χ1) is 16.3. The Labute approximate surface area is 199 Å². The average molecular weight is 482 g/mol. The monoisotopic (exact) mass is 481 g/mol. The highest BCUT2D eigenvalue weighted by atomic mass is 32.2. The molecular weight excluding hydrogens is 454 g/mol. The Hall–Kier alpha value is -3.37. The summed E-state index contributed by atoms with van der Waals surface area (Å²) in [5.41, 5.74) is 2.99. The molecule has 0 saturated carbocycles. The first kappa shape index (κ1) is 23.8.